The predicted molar refractivity (Wildman–Crippen MR) is 155 cm³/mol. The molecule has 1 atom stereocenters. The normalized spacial score (nSPS) is 15.7. The van der Waals surface area contributed by atoms with Crippen molar-refractivity contribution in [2.24, 2.45) is 0 Å². The van der Waals surface area contributed by atoms with E-state index in [-0.39, 0.29) is 70.4 Å². The average molecular weight is 570 g/mol. The van der Waals surface area contributed by atoms with Gasteiger partial charge in [0.2, 0.25) is 5.82 Å². The molecule has 0 saturated carbocycles. The van der Waals surface area contributed by atoms with E-state index >= 15 is 0 Å². The minimum absolute atomic E-state index is 0. The number of aryl methyl sites for hydroxylation is 1. The third-order valence-corrected chi connectivity index (χ3v) is 7.54. The number of carbonyl (C=O) groups excluding carboxylic acids is 2. The Morgan fingerprint density at radius 1 is 1.10 bits per heavy atom. The molecule has 6 rings (SSSR count). The number of unbranched alkanes of at least 4 members (excludes halogenated alkanes) is 1. The Morgan fingerprint density at radius 3 is 2.49 bits per heavy atom. The molecule has 4 heterocycles. The summed E-state index contributed by atoms with van der Waals surface area (Å²) in [6.45, 7) is 4.43. The van der Waals surface area contributed by atoms with E-state index in [2.05, 4.69) is 56.4 Å². The minimum atomic E-state index is -0.677. The number of aliphatic hydroxyl groups is 1. The van der Waals surface area contributed by atoms with Crippen LogP contribution in [0.15, 0.2) is 59.9 Å². The Kier molecular flexibility index (Phi) is 10.0. The number of tetrazole rings is 1. The Hall–Kier alpha value is -2.60. The molecule has 0 bridgehead atoms. The van der Waals surface area contributed by atoms with E-state index in [1.165, 1.54) is 6.92 Å². The summed E-state index contributed by atoms with van der Waals surface area (Å²) in [5, 5.41) is 25.5. The van der Waals surface area contributed by atoms with Gasteiger partial charge in [0.1, 0.15) is 23.2 Å². The van der Waals surface area contributed by atoms with Gasteiger partial charge in [0, 0.05) is 90.6 Å². The molecule has 1 amide bonds. The van der Waals surface area contributed by atoms with Crippen molar-refractivity contribution in [1.29, 1.82) is 0 Å². The summed E-state index contributed by atoms with van der Waals surface area (Å²) < 4.78 is 2.14. The van der Waals surface area contributed by atoms with Gasteiger partial charge >= 0.3 is 0 Å². The smallest absolute Gasteiger partial charge is 0.261 e. The number of hydrogen-bond acceptors (Lipinski definition) is 7. The molecule has 0 fully saturated rings. The molecule has 12 heteroatoms. The van der Waals surface area contributed by atoms with Crippen molar-refractivity contribution in [2.75, 3.05) is 6.54 Å². The Bertz CT molecular complexity index is 1600. The van der Waals surface area contributed by atoms with Crippen LogP contribution in [0, 0.1) is 0 Å². The van der Waals surface area contributed by atoms with Crippen molar-refractivity contribution in [3.8, 4) is 22.5 Å². The SMILES string of the molecule is CCCCc1nc2c(n1Cc1ccc(-c3ccccc3-c3nn[nH]n3)cc1)C1C(O)=C(C(C)=O)C(=O)N1CC2.[Na].[Na]. The van der Waals surface area contributed by atoms with Gasteiger partial charge in [-0.05, 0) is 35.2 Å². The first-order chi connectivity index (χ1) is 19.0. The van der Waals surface area contributed by atoms with Gasteiger partial charge in [-0.2, -0.15) is 5.21 Å². The zero-order valence-corrected chi connectivity index (χ0v) is 27.9. The first-order valence-corrected chi connectivity index (χ1v) is 13.2. The maximum atomic E-state index is 13.0. The number of amides is 1. The number of aromatic amines is 1. The summed E-state index contributed by atoms with van der Waals surface area (Å²) >= 11 is 0. The maximum Gasteiger partial charge on any atom is 0.261 e. The predicted octanol–water partition coefficient (Wildman–Crippen LogP) is 3.20. The second kappa shape index (κ2) is 13.1. The molecule has 0 saturated heterocycles. The fraction of sp³-hybridized carbons (Fsp3) is 0.310. The van der Waals surface area contributed by atoms with Crippen LogP contribution in [0.4, 0.5) is 0 Å². The topological polar surface area (TPSA) is 130 Å². The number of imidazole rings is 1. The van der Waals surface area contributed by atoms with E-state index < -0.39 is 17.7 Å². The van der Waals surface area contributed by atoms with Crippen molar-refractivity contribution < 1.29 is 14.7 Å². The number of fused-ring (bicyclic) bond motifs is 3. The minimum Gasteiger partial charge on any atom is -0.509 e. The fourth-order valence-corrected chi connectivity index (χ4v) is 5.66. The molecule has 2 aromatic heterocycles. The van der Waals surface area contributed by atoms with Gasteiger partial charge in [0.15, 0.2) is 5.78 Å². The van der Waals surface area contributed by atoms with Crippen LogP contribution in [-0.4, -0.2) is 118 Å². The molecule has 10 nitrogen and oxygen atoms in total. The molecule has 0 spiro atoms. The van der Waals surface area contributed by atoms with Gasteiger partial charge < -0.3 is 14.6 Å². The van der Waals surface area contributed by atoms with Crippen LogP contribution in [0.3, 0.4) is 0 Å². The number of carbonyl (C=O) groups is 2. The van der Waals surface area contributed by atoms with Crippen LogP contribution < -0.4 is 0 Å². The molecule has 0 aliphatic carbocycles. The van der Waals surface area contributed by atoms with Crippen molar-refractivity contribution in [2.45, 2.75) is 52.1 Å². The van der Waals surface area contributed by atoms with E-state index in [1.807, 2.05) is 24.3 Å². The van der Waals surface area contributed by atoms with Crippen LogP contribution in [-0.2, 0) is 29.0 Å². The number of benzene rings is 2. The van der Waals surface area contributed by atoms with E-state index in [1.54, 1.807) is 4.90 Å². The van der Waals surface area contributed by atoms with Crippen LogP contribution in [0.25, 0.3) is 22.5 Å². The number of aliphatic hydroxyl groups excluding tert-OH is 1. The van der Waals surface area contributed by atoms with Crippen molar-refractivity contribution in [3.63, 3.8) is 0 Å². The number of Topliss-reactive ketones (excluding diaryl/α,β-unsaturated/α-hetero) is 1. The molecule has 4 aromatic rings. The molecule has 1 unspecified atom stereocenters. The summed E-state index contributed by atoms with van der Waals surface area (Å²) in [6.07, 6.45) is 3.40. The second-order valence-corrected chi connectivity index (χ2v) is 10.00. The van der Waals surface area contributed by atoms with E-state index in [9.17, 15) is 14.7 Å². The van der Waals surface area contributed by atoms with Crippen LogP contribution in [0.2, 0.25) is 0 Å². The monoisotopic (exact) mass is 569 g/mol. The van der Waals surface area contributed by atoms with Crippen LogP contribution in [0.5, 0.6) is 0 Å². The summed E-state index contributed by atoms with van der Waals surface area (Å²) in [4.78, 5) is 31.7. The van der Waals surface area contributed by atoms with Crippen molar-refractivity contribution in [3.05, 3.63) is 82.6 Å². The van der Waals surface area contributed by atoms with Crippen molar-refractivity contribution in [1.82, 2.24) is 35.1 Å². The number of nitrogens with zero attached hydrogens (tertiary/aromatic N) is 6. The molecule has 2 N–H and O–H groups in total. The number of aromatic nitrogens is 6. The van der Waals surface area contributed by atoms with Gasteiger partial charge in [-0.25, -0.2) is 4.98 Å². The average Bonchev–Trinajstić information content (AvgIpc) is 3.65. The molecule has 41 heavy (non-hydrogen) atoms. The summed E-state index contributed by atoms with van der Waals surface area (Å²) in [6, 6.07) is 15.5. The molecule has 2 aliphatic rings. The van der Waals surface area contributed by atoms with E-state index in [0.717, 1.165) is 58.7 Å². The Balaban J connectivity index is 0.00000194. The number of rotatable bonds is 8. The number of ketones is 1. The third kappa shape index (κ3) is 5.74. The van der Waals surface area contributed by atoms with Crippen LogP contribution in [0.1, 0.15) is 55.5 Å². The maximum absolute atomic E-state index is 13.0. The Morgan fingerprint density at radius 2 is 1.83 bits per heavy atom. The van der Waals surface area contributed by atoms with Crippen molar-refractivity contribution >= 4 is 70.8 Å². The van der Waals surface area contributed by atoms with Gasteiger partial charge in [-0.3, -0.25) is 9.59 Å². The molecule has 200 valence electrons. The number of hydrogen-bond donors (Lipinski definition) is 2. The fourth-order valence-electron chi connectivity index (χ4n) is 5.66. The van der Waals surface area contributed by atoms with E-state index in [4.69, 9.17) is 4.98 Å². The zero-order chi connectivity index (χ0) is 27.1. The van der Waals surface area contributed by atoms with Crippen LogP contribution >= 0.6 is 0 Å². The largest absolute Gasteiger partial charge is 0.509 e. The Labute approximate surface area is 282 Å². The van der Waals surface area contributed by atoms with Gasteiger partial charge in [0.05, 0.1) is 11.4 Å². The van der Waals surface area contributed by atoms with E-state index in [0.29, 0.717) is 25.3 Å². The summed E-state index contributed by atoms with van der Waals surface area (Å²) in [7, 11) is 0. The molecular formula is C29H29N7Na2O3. The molecule has 2 aromatic carbocycles. The van der Waals surface area contributed by atoms with Gasteiger partial charge in [0.25, 0.3) is 5.91 Å². The molecular weight excluding hydrogens is 540 g/mol. The standard InChI is InChI=1S/C29H29N7O3.2Na/c1-3-4-9-23-30-22-14-15-35-26(27(38)24(17(2)37)29(35)39)25(22)36(23)16-18-10-12-19(13-11-18)20-7-5-6-8-21(20)28-31-33-34-32-28;;/h5-8,10-13,26,38H,3-4,9,14-16H2,1-2H3,(H,31,32,33,34);;. The first-order valence-electron chi connectivity index (χ1n) is 13.2. The number of nitrogens with one attached hydrogen (secondary N) is 1. The molecule has 2 aliphatic heterocycles. The second-order valence-electron chi connectivity index (χ2n) is 10.00. The number of H-pyrrole nitrogens is 1. The zero-order valence-electron chi connectivity index (χ0n) is 23.9. The quantitative estimate of drug-likeness (QED) is 0.246. The molecule has 2 radical (unpaired) electrons. The van der Waals surface area contributed by atoms with Gasteiger partial charge in [-0.15, -0.1) is 10.2 Å². The summed E-state index contributed by atoms with van der Waals surface area (Å²) in [5.41, 5.74) is 5.56. The summed E-state index contributed by atoms with van der Waals surface area (Å²) in [5.74, 6) is 0.496. The van der Waals surface area contributed by atoms with Gasteiger partial charge in [-0.1, -0.05) is 61.9 Å². The third-order valence-electron chi connectivity index (χ3n) is 7.54. The first kappa shape index (κ1) is 31.3.